The molecule has 2 unspecified atom stereocenters. The van der Waals surface area contributed by atoms with Gasteiger partial charge in [0.15, 0.2) is 0 Å². The van der Waals surface area contributed by atoms with Crippen molar-refractivity contribution in [3.63, 3.8) is 0 Å². The van der Waals surface area contributed by atoms with Gasteiger partial charge < -0.3 is 10.2 Å². The number of piperidine rings is 1. The predicted molar refractivity (Wildman–Crippen MR) is 82.5 cm³/mol. The molecule has 0 radical (unpaired) electrons. The van der Waals surface area contributed by atoms with Crippen LogP contribution in [0.5, 0.6) is 0 Å². The van der Waals surface area contributed by atoms with Gasteiger partial charge in [0.2, 0.25) is 0 Å². The second-order valence-corrected chi connectivity index (χ2v) is 6.49. The molecule has 1 aliphatic heterocycles. The molecule has 1 aromatic rings. The van der Waals surface area contributed by atoms with Crippen LogP contribution in [0, 0.1) is 11.7 Å². The van der Waals surface area contributed by atoms with Gasteiger partial charge in [-0.25, -0.2) is 9.18 Å². The summed E-state index contributed by atoms with van der Waals surface area (Å²) in [6, 6.07) is 1.60. The first-order valence-electron chi connectivity index (χ1n) is 8.24. The van der Waals surface area contributed by atoms with Crippen molar-refractivity contribution >= 4 is 17.5 Å². The predicted octanol–water partition coefficient (Wildman–Crippen LogP) is 4.21. The Balaban J connectivity index is 1.77. The molecule has 8 heteroatoms. The van der Waals surface area contributed by atoms with Crippen LogP contribution in [0.2, 0.25) is 0 Å². The largest absolute Gasteiger partial charge is 0.419 e. The minimum absolute atomic E-state index is 0.122. The van der Waals surface area contributed by atoms with Crippen LogP contribution < -0.4 is 5.32 Å². The SMILES string of the molecule is O=C1CCN(C(=O)Nc2ccc(F)c(C(F)(F)F)c2)C2CCCCC12. The van der Waals surface area contributed by atoms with Crippen LogP contribution >= 0.6 is 0 Å². The fourth-order valence-electron chi connectivity index (χ4n) is 3.71. The number of nitrogens with zero attached hydrogens (tertiary/aromatic N) is 1. The van der Waals surface area contributed by atoms with E-state index < -0.39 is 23.6 Å². The Morgan fingerprint density at radius 1 is 1.20 bits per heavy atom. The molecule has 1 aromatic carbocycles. The highest BCUT2D eigenvalue weighted by Gasteiger charge is 2.40. The van der Waals surface area contributed by atoms with Gasteiger partial charge in [-0.15, -0.1) is 0 Å². The Morgan fingerprint density at radius 2 is 1.92 bits per heavy atom. The molecule has 2 fully saturated rings. The van der Waals surface area contributed by atoms with E-state index in [1.807, 2.05) is 0 Å². The number of urea groups is 1. The number of hydrogen-bond donors (Lipinski definition) is 1. The van der Waals surface area contributed by atoms with Gasteiger partial charge in [-0.2, -0.15) is 13.2 Å². The average molecular weight is 358 g/mol. The number of benzene rings is 1. The first-order valence-corrected chi connectivity index (χ1v) is 8.24. The second-order valence-electron chi connectivity index (χ2n) is 6.49. The zero-order valence-electron chi connectivity index (χ0n) is 13.4. The number of ketones is 1. The van der Waals surface area contributed by atoms with E-state index in [9.17, 15) is 27.2 Å². The number of hydrogen-bond acceptors (Lipinski definition) is 2. The topological polar surface area (TPSA) is 49.4 Å². The number of Topliss-reactive ketones (excluding diaryl/α,β-unsaturated/α-hetero) is 1. The Bertz CT molecular complexity index is 690. The van der Waals surface area contributed by atoms with Crippen molar-refractivity contribution in [1.29, 1.82) is 0 Å². The summed E-state index contributed by atoms with van der Waals surface area (Å²) in [5.74, 6) is -1.43. The third-order valence-electron chi connectivity index (χ3n) is 4.93. The molecule has 1 aliphatic carbocycles. The van der Waals surface area contributed by atoms with E-state index in [1.165, 1.54) is 4.90 Å². The minimum atomic E-state index is -4.84. The third-order valence-corrected chi connectivity index (χ3v) is 4.93. The third kappa shape index (κ3) is 3.62. The standard InChI is InChI=1S/C17H18F4N2O2/c18-13-6-5-10(9-12(13)17(19,20)21)22-16(25)23-8-7-15(24)11-3-1-2-4-14(11)23/h5-6,9,11,14H,1-4,7-8H2,(H,22,25). The second kappa shape index (κ2) is 6.65. The lowest BCUT2D eigenvalue weighted by Gasteiger charge is -2.42. The van der Waals surface area contributed by atoms with Crippen molar-refractivity contribution < 1.29 is 27.2 Å². The van der Waals surface area contributed by atoms with Gasteiger partial charge in [-0.05, 0) is 31.0 Å². The van der Waals surface area contributed by atoms with Crippen LogP contribution in [-0.2, 0) is 11.0 Å². The lowest BCUT2D eigenvalue weighted by molar-refractivity contribution is -0.140. The van der Waals surface area contributed by atoms with E-state index in [4.69, 9.17) is 0 Å². The van der Waals surface area contributed by atoms with E-state index in [0.717, 1.165) is 25.3 Å². The molecular formula is C17H18F4N2O2. The van der Waals surface area contributed by atoms with E-state index in [0.29, 0.717) is 18.6 Å². The Hall–Kier alpha value is -2.12. The van der Waals surface area contributed by atoms with Gasteiger partial charge in [-0.3, -0.25) is 4.79 Å². The van der Waals surface area contributed by atoms with Crippen molar-refractivity contribution in [2.24, 2.45) is 5.92 Å². The molecule has 0 aromatic heterocycles. The highest BCUT2D eigenvalue weighted by atomic mass is 19.4. The maximum atomic E-state index is 13.3. The quantitative estimate of drug-likeness (QED) is 0.765. The molecule has 1 heterocycles. The van der Waals surface area contributed by atoms with Crippen molar-refractivity contribution in [2.45, 2.75) is 44.3 Å². The molecule has 1 N–H and O–H groups in total. The molecular weight excluding hydrogens is 340 g/mol. The van der Waals surface area contributed by atoms with Crippen molar-refractivity contribution in [3.05, 3.63) is 29.6 Å². The molecule has 25 heavy (non-hydrogen) atoms. The fourth-order valence-corrected chi connectivity index (χ4v) is 3.71. The number of nitrogens with one attached hydrogen (secondary N) is 1. The summed E-state index contributed by atoms with van der Waals surface area (Å²) in [5.41, 5.74) is -1.54. The number of rotatable bonds is 1. The zero-order valence-corrected chi connectivity index (χ0v) is 13.4. The monoisotopic (exact) mass is 358 g/mol. The number of halogens is 4. The van der Waals surface area contributed by atoms with Crippen LogP contribution in [0.15, 0.2) is 18.2 Å². The van der Waals surface area contributed by atoms with Gasteiger partial charge in [0.05, 0.1) is 5.56 Å². The number of anilines is 1. The summed E-state index contributed by atoms with van der Waals surface area (Å²) < 4.78 is 51.7. The molecule has 1 saturated carbocycles. The molecule has 0 bridgehead atoms. The number of alkyl halides is 3. The number of carbonyl (C=O) groups is 2. The minimum Gasteiger partial charge on any atom is -0.320 e. The molecule has 136 valence electrons. The Labute approximate surface area is 142 Å². The number of likely N-dealkylation sites (tertiary alicyclic amines) is 1. The first-order chi connectivity index (χ1) is 11.8. The number of fused-ring (bicyclic) bond motifs is 1. The summed E-state index contributed by atoms with van der Waals surface area (Å²) in [5, 5.41) is 2.41. The first kappa shape index (κ1) is 17.7. The zero-order chi connectivity index (χ0) is 18.2. The summed E-state index contributed by atoms with van der Waals surface area (Å²) in [7, 11) is 0. The van der Waals surface area contributed by atoms with E-state index in [-0.39, 0.29) is 36.4 Å². The van der Waals surface area contributed by atoms with Crippen molar-refractivity contribution in [3.8, 4) is 0 Å². The summed E-state index contributed by atoms with van der Waals surface area (Å²) in [4.78, 5) is 26.1. The van der Waals surface area contributed by atoms with Gasteiger partial charge in [0.25, 0.3) is 0 Å². The smallest absolute Gasteiger partial charge is 0.320 e. The fraction of sp³-hybridized carbons (Fsp3) is 0.529. The summed E-state index contributed by atoms with van der Waals surface area (Å²) in [6.45, 7) is 0.249. The molecule has 0 spiro atoms. The average Bonchev–Trinajstić information content (AvgIpc) is 2.56. The van der Waals surface area contributed by atoms with Gasteiger partial charge in [-0.1, -0.05) is 12.8 Å². The lowest BCUT2D eigenvalue weighted by atomic mass is 9.77. The Kier molecular flexibility index (Phi) is 4.71. The Morgan fingerprint density at radius 3 is 2.64 bits per heavy atom. The molecule has 2 amide bonds. The maximum Gasteiger partial charge on any atom is 0.419 e. The highest BCUT2D eigenvalue weighted by Crippen LogP contribution is 2.35. The summed E-state index contributed by atoms with van der Waals surface area (Å²) in [6.07, 6.45) is -1.28. The van der Waals surface area contributed by atoms with E-state index in [2.05, 4.69) is 5.32 Å². The van der Waals surface area contributed by atoms with Crippen LogP contribution in [0.1, 0.15) is 37.7 Å². The van der Waals surface area contributed by atoms with E-state index >= 15 is 0 Å². The summed E-state index contributed by atoms with van der Waals surface area (Å²) >= 11 is 0. The molecule has 3 rings (SSSR count). The van der Waals surface area contributed by atoms with Crippen LogP contribution in [0.4, 0.5) is 28.0 Å². The molecule has 1 saturated heterocycles. The van der Waals surface area contributed by atoms with Crippen molar-refractivity contribution in [1.82, 2.24) is 4.90 Å². The number of carbonyl (C=O) groups excluding carboxylic acids is 2. The van der Waals surface area contributed by atoms with Gasteiger partial charge in [0.1, 0.15) is 11.6 Å². The van der Waals surface area contributed by atoms with Crippen LogP contribution in [-0.4, -0.2) is 29.3 Å². The molecule has 4 nitrogen and oxygen atoms in total. The molecule has 2 aliphatic rings. The van der Waals surface area contributed by atoms with Gasteiger partial charge >= 0.3 is 12.2 Å². The maximum absolute atomic E-state index is 13.3. The van der Waals surface area contributed by atoms with Gasteiger partial charge in [0, 0.05) is 30.6 Å². The lowest BCUT2D eigenvalue weighted by Crippen LogP contribution is -2.54. The molecule has 2 atom stereocenters. The van der Waals surface area contributed by atoms with E-state index in [1.54, 1.807) is 0 Å². The van der Waals surface area contributed by atoms with Crippen LogP contribution in [0.3, 0.4) is 0 Å². The number of amides is 2. The van der Waals surface area contributed by atoms with Crippen LogP contribution in [0.25, 0.3) is 0 Å². The normalized spacial score (nSPS) is 24.0. The van der Waals surface area contributed by atoms with Crippen molar-refractivity contribution in [2.75, 3.05) is 11.9 Å². The highest BCUT2D eigenvalue weighted by molar-refractivity contribution is 5.92.